The van der Waals surface area contributed by atoms with Gasteiger partial charge in [0.2, 0.25) is 0 Å². The summed E-state index contributed by atoms with van der Waals surface area (Å²) in [5.41, 5.74) is 1.43. The number of hydrogen-bond donors (Lipinski definition) is 0. The van der Waals surface area contributed by atoms with E-state index >= 15 is 0 Å². The van der Waals surface area contributed by atoms with Crippen LogP contribution in [-0.4, -0.2) is 14.2 Å². The maximum atomic E-state index is 13.6. The summed E-state index contributed by atoms with van der Waals surface area (Å²) >= 11 is 6.06. The molecule has 0 unspecified atom stereocenters. The molecule has 94 valence electrons. The van der Waals surface area contributed by atoms with Gasteiger partial charge in [-0.3, -0.25) is 0 Å². The van der Waals surface area contributed by atoms with Gasteiger partial charge in [-0.25, -0.2) is 4.39 Å². The maximum absolute atomic E-state index is 13.6. The summed E-state index contributed by atoms with van der Waals surface area (Å²) in [6.45, 7) is 0. The average molecular weight is 267 g/mol. The summed E-state index contributed by atoms with van der Waals surface area (Å²) in [5.74, 6) is 0.386. The molecule has 0 heterocycles. The van der Waals surface area contributed by atoms with Crippen molar-refractivity contribution in [1.29, 1.82) is 0 Å². The minimum absolute atomic E-state index is 0.207. The molecule has 0 N–H and O–H groups in total. The van der Waals surface area contributed by atoms with Crippen molar-refractivity contribution in [3.63, 3.8) is 0 Å². The molecule has 0 saturated heterocycles. The smallest absolute Gasteiger partial charge is 0.165 e. The van der Waals surface area contributed by atoms with Gasteiger partial charge in [0.25, 0.3) is 0 Å². The van der Waals surface area contributed by atoms with Crippen LogP contribution in [0.15, 0.2) is 36.4 Å². The zero-order valence-electron chi connectivity index (χ0n) is 10.0. The van der Waals surface area contributed by atoms with E-state index in [1.807, 2.05) is 6.07 Å². The molecule has 2 aromatic rings. The molecule has 2 aromatic carbocycles. The molecule has 0 atom stereocenters. The minimum Gasteiger partial charge on any atom is -0.495 e. The molecule has 2 nitrogen and oxygen atoms in total. The SMILES string of the molecule is COc1ccc(-c2cccc(F)c2OC)cc1Cl. The lowest BCUT2D eigenvalue weighted by Gasteiger charge is -2.11. The van der Waals surface area contributed by atoms with Crippen LogP contribution in [0.25, 0.3) is 11.1 Å². The van der Waals surface area contributed by atoms with Gasteiger partial charge in [0.05, 0.1) is 19.2 Å². The number of hydrogen-bond acceptors (Lipinski definition) is 2. The van der Waals surface area contributed by atoms with Crippen LogP contribution in [0, 0.1) is 5.82 Å². The van der Waals surface area contributed by atoms with E-state index in [0.717, 1.165) is 5.56 Å². The predicted molar refractivity (Wildman–Crippen MR) is 70.0 cm³/mol. The Hall–Kier alpha value is -1.74. The first-order valence-electron chi connectivity index (χ1n) is 5.33. The Labute approximate surface area is 110 Å². The second-order valence-corrected chi connectivity index (χ2v) is 4.08. The summed E-state index contributed by atoms with van der Waals surface area (Å²) in [5, 5.41) is 0.473. The lowest BCUT2D eigenvalue weighted by Crippen LogP contribution is -1.92. The Balaban J connectivity index is 2.55. The first-order chi connectivity index (χ1) is 8.67. The van der Waals surface area contributed by atoms with Crippen LogP contribution in [0.5, 0.6) is 11.5 Å². The van der Waals surface area contributed by atoms with Crippen molar-refractivity contribution in [1.82, 2.24) is 0 Å². The van der Waals surface area contributed by atoms with E-state index in [1.54, 1.807) is 31.4 Å². The third-order valence-corrected chi connectivity index (χ3v) is 2.93. The molecule has 2 rings (SSSR count). The number of rotatable bonds is 3. The normalized spacial score (nSPS) is 10.2. The second-order valence-electron chi connectivity index (χ2n) is 3.67. The van der Waals surface area contributed by atoms with Crippen LogP contribution < -0.4 is 9.47 Å². The fraction of sp³-hybridized carbons (Fsp3) is 0.143. The predicted octanol–water partition coefficient (Wildman–Crippen LogP) is 4.16. The molecule has 0 saturated carbocycles. The zero-order chi connectivity index (χ0) is 13.1. The Morgan fingerprint density at radius 2 is 1.83 bits per heavy atom. The topological polar surface area (TPSA) is 18.5 Å². The molecule has 0 spiro atoms. The van der Waals surface area contributed by atoms with Crippen LogP contribution in [0.2, 0.25) is 5.02 Å². The zero-order valence-corrected chi connectivity index (χ0v) is 10.8. The van der Waals surface area contributed by atoms with Crippen molar-refractivity contribution in [2.45, 2.75) is 0 Å². The minimum atomic E-state index is -0.401. The largest absolute Gasteiger partial charge is 0.495 e. The Bertz CT molecular complexity index is 570. The summed E-state index contributed by atoms with van der Waals surface area (Å²) in [6, 6.07) is 10.0. The Morgan fingerprint density at radius 1 is 1.06 bits per heavy atom. The standard InChI is InChI=1S/C14H12ClFO2/c1-17-13-7-6-9(8-11(13)15)10-4-3-5-12(16)14(10)18-2/h3-8H,1-2H3. The number of halogens is 2. The van der Waals surface area contributed by atoms with Crippen LogP contribution >= 0.6 is 11.6 Å². The molecular formula is C14H12ClFO2. The van der Waals surface area contributed by atoms with Crippen molar-refractivity contribution in [2.24, 2.45) is 0 Å². The highest BCUT2D eigenvalue weighted by Gasteiger charge is 2.12. The molecule has 18 heavy (non-hydrogen) atoms. The van der Waals surface area contributed by atoms with Gasteiger partial charge in [0, 0.05) is 5.56 Å². The van der Waals surface area contributed by atoms with E-state index < -0.39 is 5.82 Å². The third-order valence-electron chi connectivity index (χ3n) is 2.63. The summed E-state index contributed by atoms with van der Waals surface area (Å²) in [7, 11) is 2.98. The van der Waals surface area contributed by atoms with Crippen molar-refractivity contribution in [3.05, 3.63) is 47.2 Å². The molecule has 0 fully saturated rings. The maximum Gasteiger partial charge on any atom is 0.165 e. The monoisotopic (exact) mass is 266 g/mol. The summed E-state index contributed by atoms with van der Waals surface area (Å²) in [4.78, 5) is 0. The fourth-order valence-corrected chi connectivity index (χ4v) is 2.04. The Kier molecular flexibility index (Phi) is 3.72. The summed E-state index contributed by atoms with van der Waals surface area (Å²) < 4.78 is 23.8. The average Bonchev–Trinajstić information content (AvgIpc) is 2.38. The van der Waals surface area contributed by atoms with E-state index in [0.29, 0.717) is 16.3 Å². The molecule has 0 aliphatic carbocycles. The van der Waals surface area contributed by atoms with E-state index in [-0.39, 0.29) is 5.75 Å². The van der Waals surface area contributed by atoms with Gasteiger partial charge < -0.3 is 9.47 Å². The molecular weight excluding hydrogens is 255 g/mol. The van der Waals surface area contributed by atoms with Gasteiger partial charge in [0.1, 0.15) is 5.75 Å². The number of benzene rings is 2. The van der Waals surface area contributed by atoms with Gasteiger partial charge in [-0.15, -0.1) is 0 Å². The van der Waals surface area contributed by atoms with Crippen molar-refractivity contribution in [3.8, 4) is 22.6 Å². The van der Waals surface area contributed by atoms with Gasteiger partial charge in [0.15, 0.2) is 11.6 Å². The number of para-hydroxylation sites is 1. The van der Waals surface area contributed by atoms with Crippen molar-refractivity contribution in [2.75, 3.05) is 14.2 Å². The lowest BCUT2D eigenvalue weighted by molar-refractivity contribution is 0.388. The van der Waals surface area contributed by atoms with Gasteiger partial charge in [-0.2, -0.15) is 0 Å². The molecule has 0 radical (unpaired) electrons. The molecule has 0 aliphatic heterocycles. The third kappa shape index (κ3) is 2.27. The summed E-state index contributed by atoms with van der Waals surface area (Å²) in [6.07, 6.45) is 0. The molecule has 4 heteroatoms. The van der Waals surface area contributed by atoms with E-state index in [9.17, 15) is 4.39 Å². The van der Waals surface area contributed by atoms with E-state index in [2.05, 4.69) is 0 Å². The van der Waals surface area contributed by atoms with Gasteiger partial charge in [-0.05, 0) is 23.8 Å². The highest BCUT2D eigenvalue weighted by Crippen LogP contribution is 2.36. The quantitative estimate of drug-likeness (QED) is 0.830. The fourth-order valence-electron chi connectivity index (χ4n) is 1.78. The highest BCUT2D eigenvalue weighted by molar-refractivity contribution is 6.32. The molecule has 0 amide bonds. The first-order valence-corrected chi connectivity index (χ1v) is 5.71. The van der Waals surface area contributed by atoms with Crippen LogP contribution in [-0.2, 0) is 0 Å². The first kappa shape index (κ1) is 12.7. The number of methoxy groups -OCH3 is 2. The highest BCUT2D eigenvalue weighted by atomic mass is 35.5. The second kappa shape index (κ2) is 5.27. The van der Waals surface area contributed by atoms with E-state index in [4.69, 9.17) is 21.1 Å². The van der Waals surface area contributed by atoms with Crippen molar-refractivity contribution >= 4 is 11.6 Å². The molecule has 0 aliphatic rings. The Morgan fingerprint density at radius 3 is 2.44 bits per heavy atom. The van der Waals surface area contributed by atoms with Gasteiger partial charge >= 0.3 is 0 Å². The lowest BCUT2D eigenvalue weighted by atomic mass is 10.0. The molecule has 0 bridgehead atoms. The van der Waals surface area contributed by atoms with Crippen molar-refractivity contribution < 1.29 is 13.9 Å². The molecule has 0 aromatic heterocycles. The van der Waals surface area contributed by atoms with E-state index in [1.165, 1.54) is 13.2 Å². The van der Waals surface area contributed by atoms with Crippen LogP contribution in [0.1, 0.15) is 0 Å². The number of ether oxygens (including phenoxy) is 2. The van der Waals surface area contributed by atoms with Crippen LogP contribution in [0.4, 0.5) is 4.39 Å². The van der Waals surface area contributed by atoms with Gasteiger partial charge in [-0.1, -0.05) is 29.8 Å². The van der Waals surface area contributed by atoms with Crippen LogP contribution in [0.3, 0.4) is 0 Å².